The molecule has 1 aromatic rings. The minimum Gasteiger partial charge on any atom is -0.307 e. The van der Waals surface area contributed by atoms with Crippen LogP contribution >= 0.6 is 17.0 Å². The fourth-order valence-electron chi connectivity index (χ4n) is 1.11. The Hall–Kier alpha value is -0.410. The molecule has 0 bridgehead atoms. The van der Waals surface area contributed by atoms with Gasteiger partial charge in [-0.3, -0.25) is 4.98 Å². The first-order valence-corrected chi connectivity index (χ1v) is 3.10. The van der Waals surface area contributed by atoms with E-state index in [1.54, 1.807) is 0 Å². The number of fused-ring (bicyclic) bond motifs is 1. The summed E-state index contributed by atoms with van der Waals surface area (Å²) >= 11 is 0. The zero-order valence-corrected chi connectivity index (χ0v) is 7.21. The molecule has 0 aliphatic carbocycles. The van der Waals surface area contributed by atoms with Crippen molar-refractivity contribution in [3.63, 3.8) is 0 Å². The first kappa shape index (κ1) is 7.69. The van der Waals surface area contributed by atoms with E-state index >= 15 is 0 Å². The normalized spacial score (nSPS) is 14.0. The Morgan fingerprint density at radius 3 is 3.10 bits per heavy atom. The van der Waals surface area contributed by atoms with E-state index in [4.69, 9.17) is 0 Å². The van der Waals surface area contributed by atoms with Crippen molar-refractivity contribution in [3.8, 4) is 0 Å². The summed E-state index contributed by atoms with van der Waals surface area (Å²) in [5, 5.41) is 3.23. The molecule has 2 heterocycles. The fraction of sp³-hybridized carbons (Fsp3) is 0.286. The van der Waals surface area contributed by atoms with Crippen LogP contribution in [0.3, 0.4) is 0 Å². The summed E-state index contributed by atoms with van der Waals surface area (Å²) in [6.45, 7) is 1.93. The van der Waals surface area contributed by atoms with Crippen LogP contribution in [0, 0.1) is 0 Å². The van der Waals surface area contributed by atoms with Crippen LogP contribution in [0.15, 0.2) is 18.3 Å². The summed E-state index contributed by atoms with van der Waals surface area (Å²) in [5.41, 5.74) is 2.55. The largest absolute Gasteiger partial charge is 0.307 e. The van der Waals surface area contributed by atoms with Gasteiger partial charge >= 0.3 is 0 Å². The van der Waals surface area contributed by atoms with Gasteiger partial charge in [0.25, 0.3) is 0 Å². The lowest BCUT2D eigenvalue weighted by atomic mass is 10.2. The molecule has 0 atom stereocenters. The van der Waals surface area contributed by atoms with Crippen LogP contribution in [0.2, 0.25) is 0 Å². The number of pyridine rings is 1. The quantitative estimate of drug-likeness (QED) is 0.683. The molecule has 0 fully saturated rings. The van der Waals surface area contributed by atoms with Crippen LogP contribution in [0.25, 0.3) is 0 Å². The molecular weight excluding hydrogens is 192 g/mol. The Morgan fingerprint density at radius 1 is 1.40 bits per heavy atom. The zero-order chi connectivity index (χ0) is 6.10. The van der Waals surface area contributed by atoms with Crippen molar-refractivity contribution in [2.24, 2.45) is 0 Å². The highest BCUT2D eigenvalue weighted by molar-refractivity contribution is 8.93. The molecule has 0 amide bonds. The van der Waals surface area contributed by atoms with Gasteiger partial charge in [-0.05, 0) is 11.6 Å². The molecule has 0 aromatic carbocycles. The Labute approximate surface area is 70.4 Å². The van der Waals surface area contributed by atoms with Crippen molar-refractivity contribution in [1.29, 1.82) is 0 Å². The molecular formula is C7H9BrN2. The van der Waals surface area contributed by atoms with Crippen LogP contribution in [0.1, 0.15) is 11.3 Å². The maximum atomic E-state index is 4.20. The second-order valence-electron chi connectivity index (χ2n) is 2.21. The van der Waals surface area contributed by atoms with E-state index in [1.165, 1.54) is 11.3 Å². The summed E-state index contributed by atoms with van der Waals surface area (Å²) in [7, 11) is 0. The van der Waals surface area contributed by atoms with Crippen LogP contribution in [-0.2, 0) is 13.1 Å². The number of nitrogens with one attached hydrogen (secondary N) is 1. The summed E-state index contributed by atoms with van der Waals surface area (Å²) in [4.78, 5) is 4.20. The second-order valence-corrected chi connectivity index (χ2v) is 2.21. The van der Waals surface area contributed by atoms with Crippen molar-refractivity contribution >= 4 is 17.0 Å². The molecule has 0 radical (unpaired) electrons. The van der Waals surface area contributed by atoms with Gasteiger partial charge in [-0.25, -0.2) is 0 Å². The van der Waals surface area contributed by atoms with Gasteiger partial charge in [0.1, 0.15) is 0 Å². The van der Waals surface area contributed by atoms with Gasteiger partial charge in [0.05, 0.1) is 5.69 Å². The Balaban J connectivity index is 0.000000500. The van der Waals surface area contributed by atoms with Crippen LogP contribution < -0.4 is 5.32 Å². The van der Waals surface area contributed by atoms with E-state index in [1.807, 2.05) is 12.3 Å². The van der Waals surface area contributed by atoms with Gasteiger partial charge < -0.3 is 5.32 Å². The Bertz CT molecular complexity index is 202. The lowest BCUT2D eigenvalue weighted by Crippen LogP contribution is -2.00. The molecule has 0 saturated heterocycles. The Kier molecular flexibility index (Phi) is 2.40. The summed E-state index contributed by atoms with van der Waals surface area (Å²) in [6.07, 6.45) is 1.84. The van der Waals surface area contributed by atoms with Gasteiger partial charge in [0, 0.05) is 19.3 Å². The minimum absolute atomic E-state index is 0. The molecule has 10 heavy (non-hydrogen) atoms. The SMILES string of the molecule is Br.c1cnc2c(c1)CNC2. The summed E-state index contributed by atoms with van der Waals surface area (Å²) in [5.74, 6) is 0. The van der Waals surface area contributed by atoms with Crippen molar-refractivity contribution in [1.82, 2.24) is 10.3 Å². The highest BCUT2D eigenvalue weighted by Crippen LogP contribution is 2.09. The van der Waals surface area contributed by atoms with E-state index < -0.39 is 0 Å². The molecule has 0 unspecified atom stereocenters. The van der Waals surface area contributed by atoms with E-state index in [9.17, 15) is 0 Å². The van der Waals surface area contributed by atoms with Crippen molar-refractivity contribution in [2.45, 2.75) is 13.1 Å². The van der Waals surface area contributed by atoms with E-state index in [0.29, 0.717) is 0 Å². The van der Waals surface area contributed by atoms with E-state index in [0.717, 1.165) is 13.1 Å². The molecule has 3 heteroatoms. The Morgan fingerprint density at radius 2 is 2.30 bits per heavy atom. The summed E-state index contributed by atoms with van der Waals surface area (Å²) in [6, 6.07) is 4.09. The zero-order valence-electron chi connectivity index (χ0n) is 5.50. The number of rotatable bonds is 0. The number of halogens is 1. The fourth-order valence-corrected chi connectivity index (χ4v) is 1.11. The molecule has 1 aromatic heterocycles. The number of aromatic nitrogens is 1. The highest BCUT2D eigenvalue weighted by Gasteiger charge is 2.07. The number of hydrogen-bond acceptors (Lipinski definition) is 2. The first-order chi connectivity index (χ1) is 4.47. The lowest BCUT2D eigenvalue weighted by Gasteiger charge is -1.90. The van der Waals surface area contributed by atoms with Gasteiger partial charge in [-0.15, -0.1) is 17.0 Å². The van der Waals surface area contributed by atoms with Gasteiger partial charge in [0.2, 0.25) is 0 Å². The van der Waals surface area contributed by atoms with Crippen LogP contribution in [-0.4, -0.2) is 4.98 Å². The number of nitrogens with zero attached hydrogens (tertiary/aromatic N) is 1. The van der Waals surface area contributed by atoms with E-state index in [-0.39, 0.29) is 17.0 Å². The predicted molar refractivity (Wildman–Crippen MR) is 45.1 cm³/mol. The molecule has 0 saturated carbocycles. The predicted octanol–water partition coefficient (Wildman–Crippen LogP) is 1.26. The average Bonchev–Trinajstić information content (AvgIpc) is 2.33. The third kappa shape index (κ3) is 1.20. The monoisotopic (exact) mass is 200 g/mol. The van der Waals surface area contributed by atoms with Gasteiger partial charge in [0.15, 0.2) is 0 Å². The smallest absolute Gasteiger partial charge is 0.0586 e. The maximum absolute atomic E-state index is 4.20. The third-order valence-corrected chi connectivity index (χ3v) is 1.59. The summed E-state index contributed by atoms with van der Waals surface area (Å²) < 4.78 is 0. The molecule has 1 aliphatic heterocycles. The molecule has 0 spiro atoms. The number of hydrogen-bond donors (Lipinski definition) is 1. The van der Waals surface area contributed by atoms with Gasteiger partial charge in [-0.2, -0.15) is 0 Å². The molecule has 1 N–H and O–H groups in total. The second kappa shape index (κ2) is 3.12. The maximum Gasteiger partial charge on any atom is 0.0586 e. The van der Waals surface area contributed by atoms with Crippen LogP contribution in [0.5, 0.6) is 0 Å². The van der Waals surface area contributed by atoms with Crippen molar-refractivity contribution in [3.05, 3.63) is 29.6 Å². The topological polar surface area (TPSA) is 24.9 Å². The third-order valence-electron chi connectivity index (χ3n) is 1.59. The van der Waals surface area contributed by atoms with Gasteiger partial charge in [-0.1, -0.05) is 6.07 Å². The first-order valence-electron chi connectivity index (χ1n) is 3.10. The van der Waals surface area contributed by atoms with Crippen molar-refractivity contribution < 1.29 is 0 Å². The molecule has 2 nitrogen and oxygen atoms in total. The van der Waals surface area contributed by atoms with E-state index in [2.05, 4.69) is 16.4 Å². The average molecular weight is 201 g/mol. The highest BCUT2D eigenvalue weighted by atomic mass is 79.9. The lowest BCUT2D eigenvalue weighted by molar-refractivity contribution is 0.757. The molecule has 2 rings (SSSR count). The molecule has 1 aliphatic rings. The van der Waals surface area contributed by atoms with Crippen LogP contribution in [0.4, 0.5) is 0 Å². The minimum atomic E-state index is 0. The van der Waals surface area contributed by atoms with Crippen molar-refractivity contribution in [2.75, 3.05) is 0 Å². The molecule has 54 valence electrons. The standard InChI is InChI=1S/C7H8N2.BrH/c1-2-6-4-8-5-7(6)9-3-1;/h1-3,8H,4-5H2;1H.